The summed E-state index contributed by atoms with van der Waals surface area (Å²) in [6, 6.07) is 10.5. The van der Waals surface area contributed by atoms with Crippen molar-refractivity contribution >= 4 is 24.1 Å². The molecule has 5 N–H and O–H groups in total. The van der Waals surface area contributed by atoms with Crippen LogP contribution in [0.2, 0.25) is 0 Å². The van der Waals surface area contributed by atoms with Gasteiger partial charge < -0.3 is 10.7 Å². The normalized spacial score (nSPS) is 18.4. The van der Waals surface area contributed by atoms with Gasteiger partial charge >= 0.3 is 0 Å². The van der Waals surface area contributed by atoms with Crippen molar-refractivity contribution in [2.75, 3.05) is 0 Å². The summed E-state index contributed by atoms with van der Waals surface area (Å²) in [5, 5.41) is 11.6. The number of fused-ring (bicyclic) bond motifs is 1. The zero-order chi connectivity index (χ0) is 14.8. The number of hydrogen-bond acceptors (Lipinski definition) is 2. The van der Waals surface area contributed by atoms with Gasteiger partial charge in [-0.2, -0.15) is 5.10 Å². The van der Waals surface area contributed by atoms with Crippen LogP contribution in [-0.2, 0) is 6.42 Å². The lowest BCUT2D eigenvalue weighted by molar-refractivity contribution is 0.681. The Balaban J connectivity index is 0.00000176. The van der Waals surface area contributed by atoms with Crippen LogP contribution in [0, 0.1) is 12.3 Å². The molecule has 0 saturated carbocycles. The van der Waals surface area contributed by atoms with Gasteiger partial charge in [-0.3, -0.25) is 5.41 Å². The highest BCUT2D eigenvalue weighted by Crippen LogP contribution is 2.33. The van der Waals surface area contributed by atoms with Gasteiger partial charge in [0.15, 0.2) is 0 Å². The average molecular weight is 318 g/mol. The fourth-order valence-corrected chi connectivity index (χ4v) is 2.98. The number of aryl methyl sites for hydroxylation is 1. The van der Waals surface area contributed by atoms with Gasteiger partial charge in [-0.1, -0.05) is 30.3 Å². The molecule has 1 aliphatic carbocycles. The van der Waals surface area contributed by atoms with Crippen molar-refractivity contribution in [2.45, 2.75) is 25.7 Å². The third-order valence-electron chi connectivity index (χ3n) is 3.92. The number of benzene rings is 1. The number of rotatable bonds is 2. The van der Waals surface area contributed by atoms with Crippen LogP contribution in [0.4, 0.5) is 0 Å². The van der Waals surface area contributed by atoms with Crippen LogP contribution in [0.3, 0.4) is 0 Å². The van der Waals surface area contributed by atoms with Gasteiger partial charge in [0.1, 0.15) is 0 Å². The Morgan fingerprint density at radius 3 is 2.73 bits per heavy atom. The van der Waals surface area contributed by atoms with E-state index in [-0.39, 0.29) is 18.4 Å². The topological polar surface area (TPSA) is 90.0 Å². The van der Waals surface area contributed by atoms with Gasteiger partial charge in [-0.15, -0.1) is 12.4 Å². The van der Waals surface area contributed by atoms with Crippen LogP contribution in [-0.4, -0.2) is 16.7 Å². The van der Waals surface area contributed by atoms with Gasteiger partial charge in [-0.25, -0.2) is 5.43 Å². The van der Waals surface area contributed by atoms with E-state index in [9.17, 15) is 0 Å². The van der Waals surface area contributed by atoms with E-state index in [2.05, 4.69) is 46.7 Å². The van der Waals surface area contributed by atoms with Gasteiger partial charge in [0.2, 0.25) is 5.96 Å². The summed E-state index contributed by atoms with van der Waals surface area (Å²) in [7, 11) is 0. The van der Waals surface area contributed by atoms with Crippen LogP contribution in [0.1, 0.15) is 34.7 Å². The molecule has 1 aliphatic rings. The minimum Gasteiger partial charge on any atom is -0.369 e. The number of nitrogens with one attached hydrogen (secondary N) is 3. The van der Waals surface area contributed by atoms with Crippen molar-refractivity contribution in [1.29, 1.82) is 5.41 Å². The highest BCUT2D eigenvalue weighted by atomic mass is 35.5. The van der Waals surface area contributed by atoms with Crippen molar-refractivity contribution in [3.63, 3.8) is 0 Å². The Morgan fingerprint density at radius 1 is 1.32 bits per heavy atom. The maximum Gasteiger partial charge on any atom is 0.206 e. The molecule has 22 heavy (non-hydrogen) atoms. The highest BCUT2D eigenvalue weighted by Gasteiger charge is 2.27. The molecule has 1 aromatic heterocycles. The Bertz CT molecular complexity index is 690. The van der Waals surface area contributed by atoms with Crippen LogP contribution < -0.4 is 11.2 Å². The first kappa shape index (κ1) is 16.1. The second-order valence-electron chi connectivity index (χ2n) is 5.43. The molecule has 3 rings (SSSR count). The lowest BCUT2D eigenvalue weighted by atomic mass is 9.81. The maximum atomic E-state index is 7.28. The second-order valence-corrected chi connectivity index (χ2v) is 5.43. The Labute approximate surface area is 135 Å². The minimum absolute atomic E-state index is 0. The first-order valence-electron chi connectivity index (χ1n) is 7.04. The van der Waals surface area contributed by atoms with Crippen molar-refractivity contribution in [2.24, 2.45) is 10.8 Å². The zero-order valence-electron chi connectivity index (χ0n) is 12.4. The molecule has 1 unspecified atom stereocenters. The molecule has 0 fully saturated rings. The van der Waals surface area contributed by atoms with E-state index < -0.39 is 0 Å². The van der Waals surface area contributed by atoms with E-state index in [4.69, 9.17) is 11.1 Å². The highest BCUT2D eigenvalue weighted by molar-refractivity contribution is 6.04. The third kappa shape index (κ3) is 3.14. The van der Waals surface area contributed by atoms with Crippen molar-refractivity contribution in [3.8, 4) is 0 Å². The molecule has 0 radical (unpaired) electrons. The number of nitrogens with zero attached hydrogens (tertiary/aromatic N) is 1. The number of aromatic nitrogens is 1. The van der Waals surface area contributed by atoms with E-state index in [0.29, 0.717) is 5.92 Å². The standard InChI is InChI=1S/C16H19N5.ClH/c1-10-9-19-13-7-12(11-5-3-2-4-6-11)8-14(15(10)13)20-21-16(17)18;/h2-6,9,12,19H,7-8H2,1H3,(H4,17,18,21);1H/b20-14+;. The molecule has 2 aromatic rings. The zero-order valence-corrected chi connectivity index (χ0v) is 13.2. The van der Waals surface area contributed by atoms with Crippen molar-refractivity contribution < 1.29 is 0 Å². The molecule has 1 aromatic carbocycles. The monoisotopic (exact) mass is 317 g/mol. The fraction of sp³-hybridized carbons (Fsp3) is 0.250. The largest absolute Gasteiger partial charge is 0.369 e. The Hall–Kier alpha value is -2.27. The van der Waals surface area contributed by atoms with E-state index >= 15 is 0 Å². The quantitative estimate of drug-likeness (QED) is 0.389. The summed E-state index contributed by atoms with van der Waals surface area (Å²) < 4.78 is 0. The smallest absolute Gasteiger partial charge is 0.206 e. The average Bonchev–Trinajstić information content (AvgIpc) is 2.87. The predicted octanol–water partition coefficient (Wildman–Crippen LogP) is 2.66. The van der Waals surface area contributed by atoms with Crippen LogP contribution in [0.15, 0.2) is 41.6 Å². The molecule has 116 valence electrons. The lowest BCUT2D eigenvalue weighted by Crippen LogP contribution is -2.29. The SMILES string of the molecule is Cc1c[nH]c2c1/C(=N/NC(=N)N)CC(c1ccccc1)C2.Cl. The lowest BCUT2D eigenvalue weighted by Gasteiger charge is -2.24. The number of guanidine groups is 1. The van der Waals surface area contributed by atoms with Gasteiger partial charge in [0.25, 0.3) is 0 Å². The van der Waals surface area contributed by atoms with E-state index in [1.165, 1.54) is 16.8 Å². The number of H-pyrrole nitrogens is 1. The first-order chi connectivity index (χ1) is 10.1. The summed E-state index contributed by atoms with van der Waals surface area (Å²) in [6.45, 7) is 2.07. The van der Waals surface area contributed by atoms with Crippen LogP contribution in [0.25, 0.3) is 0 Å². The van der Waals surface area contributed by atoms with Crippen LogP contribution >= 0.6 is 12.4 Å². The number of hydrazone groups is 1. The summed E-state index contributed by atoms with van der Waals surface area (Å²) in [4.78, 5) is 3.35. The van der Waals surface area contributed by atoms with Gasteiger partial charge in [0, 0.05) is 17.5 Å². The van der Waals surface area contributed by atoms with E-state index in [1.54, 1.807) is 0 Å². The molecule has 0 bridgehead atoms. The van der Waals surface area contributed by atoms with E-state index in [0.717, 1.165) is 24.1 Å². The molecular weight excluding hydrogens is 298 g/mol. The number of nitrogens with two attached hydrogens (primary N) is 1. The summed E-state index contributed by atoms with van der Waals surface area (Å²) in [5.74, 6) is 0.253. The Kier molecular flexibility index (Phi) is 4.88. The first-order valence-corrected chi connectivity index (χ1v) is 7.04. The maximum absolute atomic E-state index is 7.28. The second kappa shape index (κ2) is 6.66. The van der Waals surface area contributed by atoms with Crippen LogP contribution in [0.5, 0.6) is 0 Å². The van der Waals surface area contributed by atoms with Gasteiger partial charge in [0.05, 0.1) is 5.71 Å². The summed E-state index contributed by atoms with van der Waals surface area (Å²) >= 11 is 0. The summed E-state index contributed by atoms with van der Waals surface area (Å²) in [6.07, 6.45) is 3.84. The molecule has 0 amide bonds. The van der Waals surface area contributed by atoms with Gasteiger partial charge in [-0.05, 0) is 36.8 Å². The molecular formula is C16H20ClN5. The van der Waals surface area contributed by atoms with Crippen molar-refractivity contribution in [3.05, 3.63) is 58.9 Å². The molecule has 5 nitrogen and oxygen atoms in total. The molecule has 1 heterocycles. The fourth-order valence-electron chi connectivity index (χ4n) is 2.98. The molecule has 0 saturated heterocycles. The number of halogens is 1. The predicted molar refractivity (Wildman–Crippen MR) is 91.9 cm³/mol. The van der Waals surface area contributed by atoms with Crippen molar-refractivity contribution in [1.82, 2.24) is 10.4 Å². The minimum atomic E-state index is -0.140. The number of aromatic amines is 1. The summed E-state index contributed by atoms with van der Waals surface area (Å²) in [5.41, 5.74) is 13.7. The van der Waals surface area contributed by atoms with E-state index in [1.807, 2.05) is 12.3 Å². The third-order valence-corrected chi connectivity index (χ3v) is 3.92. The molecule has 0 spiro atoms. The Morgan fingerprint density at radius 2 is 2.05 bits per heavy atom. The molecule has 6 heteroatoms. The molecule has 1 atom stereocenters. The number of hydrogen-bond donors (Lipinski definition) is 4. The molecule has 0 aliphatic heterocycles.